The molecule has 0 heterocycles. The van der Waals surface area contributed by atoms with Crippen molar-refractivity contribution in [3.63, 3.8) is 0 Å². The molecule has 6 heavy (non-hydrogen) atoms. The lowest BCUT2D eigenvalue weighted by atomic mass is 10.5. The predicted molar refractivity (Wildman–Crippen MR) is 18.2 cm³/mol. The maximum atomic E-state index is 9.56. The molecule has 0 aromatic heterocycles. The first-order valence-corrected chi connectivity index (χ1v) is 1.40. The summed E-state index contributed by atoms with van der Waals surface area (Å²) in [5.74, 6) is -0.782. The third-order valence-corrected chi connectivity index (χ3v) is 0.287. The molecule has 0 aromatic rings. The summed E-state index contributed by atoms with van der Waals surface area (Å²) in [4.78, 5) is 18.8. The topological polar surface area (TPSA) is 54.4 Å². The zero-order chi connectivity index (χ0) is 4.99. The highest BCUT2D eigenvalue weighted by Crippen LogP contribution is 1.53. The van der Waals surface area contributed by atoms with Crippen LogP contribution in [0.15, 0.2) is 0 Å². The van der Waals surface area contributed by atoms with Crippen LogP contribution in [0.2, 0.25) is 0 Å². The predicted octanol–water partition coefficient (Wildman–Crippen LogP) is -1.25. The summed E-state index contributed by atoms with van der Waals surface area (Å²) in [5.41, 5.74) is 0. The van der Waals surface area contributed by atoms with Gasteiger partial charge in [0, 0.05) is 0 Å². The van der Waals surface area contributed by atoms with Gasteiger partial charge in [-0.25, -0.2) is 0 Å². The quantitative estimate of drug-likeness (QED) is 0.339. The van der Waals surface area contributed by atoms with Crippen LogP contribution in [0.5, 0.6) is 0 Å². The van der Waals surface area contributed by atoms with E-state index in [4.69, 9.17) is 5.11 Å². The summed E-state index contributed by atoms with van der Waals surface area (Å²) in [5, 5.41) is 7.75. The lowest BCUT2D eigenvalue weighted by Gasteiger charge is -1.71. The fraction of sp³-hybridized carbons (Fsp3) is 0.333. The lowest BCUT2D eigenvalue weighted by molar-refractivity contribution is -0.131. The van der Waals surface area contributed by atoms with Gasteiger partial charge in [-0.2, -0.15) is 0 Å². The maximum absolute atomic E-state index is 9.56. The molecule has 0 aliphatic rings. The summed E-state index contributed by atoms with van der Waals surface area (Å²) in [6, 6.07) is 0. The molecule has 3 nitrogen and oxygen atoms in total. The number of ketones is 1. The van der Waals surface area contributed by atoms with E-state index in [0.717, 1.165) is 0 Å². The number of hydrogen-bond acceptors (Lipinski definition) is 3. The highest BCUT2D eigenvalue weighted by atomic mass is 16.3. The zero-order valence-electron chi connectivity index (χ0n) is 3.05. The van der Waals surface area contributed by atoms with Crippen LogP contribution >= 0.6 is 0 Å². The van der Waals surface area contributed by atoms with Crippen molar-refractivity contribution in [2.24, 2.45) is 0 Å². The van der Waals surface area contributed by atoms with Gasteiger partial charge in [0.25, 0.3) is 0 Å². The summed E-state index contributed by atoms with van der Waals surface area (Å²) in [6.07, 6.45) is 0.0833. The van der Waals surface area contributed by atoms with Gasteiger partial charge in [-0.3, -0.25) is 9.59 Å². The van der Waals surface area contributed by atoms with Gasteiger partial charge >= 0.3 is 0 Å². The number of aldehydes is 1. The van der Waals surface area contributed by atoms with E-state index in [1.54, 1.807) is 0 Å². The Bertz CT molecular complexity index is 66.4. The second-order valence-electron chi connectivity index (χ2n) is 0.742. The Kier molecular flexibility index (Phi) is 2.24. The standard InChI is InChI=1S/C3H4O3/c4-1-3(6)2-5/h1,5H,2H2. The first kappa shape index (κ1) is 5.30. The average Bonchev–Trinajstić information content (AvgIpc) is 1.65. The molecule has 0 atom stereocenters. The van der Waals surface area contributed by atoms with Crippen LogP contribution in [0.25, 0.3) is 0 Å². The Morgan fingerprint density at radius 2 is 2.33 bits per heavy atom. The number of aliphatic hydroxyl groups is 1. The van der Waals surface area contributed by atoms with Gasteiger partial charge in [0.2, 0.25) is 5.78 Å². The molecule has 0 radical (unpaired) electrons. The highest BCUT2D eigenvalue weighted by molar-refractivity contribution is 6.25. The van der Waals surface area contributed by atoms with Crippen LogP contribution in [0.4, 0.5) is 0 Å². The summed E-state index contributed by atoms with van der Waals surface area (Å²) < 4.78 is 0. The zero-order valence-corrected chi connectivity index (χ0v) is 3.05. The van der Waals surface area contributed by atoms with E-state index in [9.17, 15) is 9.59 Å². The minimum Gasteiger partial charge on any atom is -0.388 e. The van der Waals surface area contributed by atoms with Gasteiger partial charge < -0.3 is 5.11 Å². The molecule has 3 heteroatoms. The van der Waals surface area contributed by atoms with E-state index in [1.165, 1.54) is 0 Å². The normalized spacial score (nSPS) is 7.50. The number of carbonyl (C=O) groups excluding carboxylic acids is 2. The lowest BCUT2D eigenvalue weighted by Crippen LogP contribution is -2.02. The Labute approximate surface area is 34.6 Å². The van der Waals surface area contributed by atoms with Crippen molar-refractivity contribution in [3.05, 3.63) is 0 Å². The smallest absolute Gasteiger partial charge is 0.220 e. The molecule has 0 spiro atoms. The molecule has 0 unspecified atom stereocenters. The van der Waals surface area contributed by atoms with Crippen LogP contribution < -0.4 is 0 Å². The first-order valence-electron chi connectivity index (χ1n) is 1.40. The molecule has 0 bridgehead atoms. The molecule has 0 amide bonds. The number of rotatable bonds is 2. The van der Waals surface area contributed by atoms with E-state index in [0.29, 0.717) is 0 Å². The summed E-state index contributed by atoms with van der Waals surface area (Å²) >= 11 is 0. The van der Waals surface area contributed by atoms with E-state index < -0.39 is 12.4 Å². The average molecular weight is 88.1 g/mol. The Balaban J connectivity index is 3.23. The highest BCUT2D eigenvalue weighted by Gasteiger charge is 1.88. The molecule has 34 valence electrons. The number of carbonyl (C=O) groups is 2. The first-order chi connectivity index (χ1) is 2.81. The van der Waals surface area contributed by atoms with Crippen LogP contribution in [0.3, 0.4) is 0 Å². The van der Waals surface area contributed by atoms with Gasteiger partial charge in [-0.15, -0.1) is 0 Å². The minimum atomic E-state index is -0.782. The van der Waals surface area contributed by atoms with Gasteiger partial charge in [0.15, 0.2) is 6.29 Å². The Hall–Kier alpha value is -0.700. The molecule has 0 saturated heterocycles. The fourth-order valence-corrected chi connectivity index (χ4v) is 0.0373. The largest absolute Gasteiger partial charge is 0.388 e. The van der Waals surface area contributed by atoms with Gasteiger partial charge in [-0.05, 0) is 0 Å². The minimum absolute atomic E-state index is 0.0833. The van der Waals surface area contributed by atoms with E-state index >= 15 is 0 Å². The fourth-order valence-electron chi connectivity index (χ4n) is 0.0373. The molecule has 0 aromatic carbocycles. The van der Waals surface area contributed by atoms with Crippen molar-refractivity contribution in [1.82, 2.24) is 0 Å². The maximum Gasteiger partial charge on any atom is 0.220 e. The van der Waals surface area contributed by atoms with Crippen LogP contribution in [0.1, 0.15) is 0 Å². The van der Waals surface area contributed by atoms with E-state index in [-0.39, 0.29) is 6.29 Å². The van der Waals surface area contributed by atoms with Crippen molar-refractivity contribution in [2.45, 2.75) is 0 Å². The van der Waals surface area contributed by atoms with Gasteiger partial charge in [0.1, 0.15) is 6.61 Å². The van der Waals surface area contributed by atoms with Crippen molar-refractivity contribution in [1.29, 1.82) is 0 Å². The van der Waals surface area contributed by atoms with Crippen LogP contribution in [-0.4, -0.2) is 23.8 Å². The number of Topliss-reactive ketones (excluding diaryl/α,β-unsaturated/α-hetero) is 1. The second-order valence-corrected chi connectivity index (χ2v) is 0.742. The van der Waals surface area contributed by atoms with E-state index in [2.05, 4.69) is 0 Å². The van der Waals surface area contributed by atoms with E-state index in [1.807, 2.05) is 0 Å². The number of aliphatic hydroxyl groups excluding tert-OH is 1. The van der Waals surface area contributed by atoms with Crippen LogP contribution in [-0.2, 0) is 9.59 Å². The van der Waals surface area contributed by atoms with Crippen molar-refractivity contribution in [2.75, 3.05) is 6.61 Å². The second kappa shape index (κ2) is 2.53. The van der Waals surface area contributed by atoms with Crippen molar-refractivity contribution >= 4 is 12.1 Å². The third kappa shape index (κ3) is 1.60. The molecular formula is C3H4O3. The van der Waals surface area contributed by atoms with Crippen molar-refractivity contribution < 1.29 is 14.7 Å². The molecular weight excluding hydrogens is 84.0 g/mol. The molecule has 0 saturated carbocycles. The summed E-state index contributed by atoms with van der Waals surface area (Å²) in [7, 11) is 0. The Morgan fingerprint density at radius 1 is 1.83 bits per heavy atom. The third-order valence-electron chi connectivity index (χ3n) is 0.287. The molecule has 0 aliphatic heterocycles. The molecule has 0 aliphatic carbocycles. The Morgan fingerprint density at radius 3 is 2.33 bits per heavy atom. The van der Waals surface area contributed by atoms with Gasteiger partial charge in [-0.1, -0.05) is 0 Å². The van der Waals surface area contributed by atoms with Gasteiger partial charge in [0.05, 0.1) is 0 Å². The molecule has 1 N–H and O–H groups in total. The monoisotopic (exact) mass is 88.0 g/mol. The summed E-state index contributed by atoms with van der Waals surface area (Å²) in [6.45, 7) is -0.677. The molecule has 0 fully saturated rings. The number of hydrogen-bond donors (Lipinski definition) is 1. The molecule has 0 rings (SSSR count). The SMILES string of the molecule is O=CC(=O)CO. The van der Waals surface area contributed by atoms with Crippen molar-refractivity contribution in [3.8, 4) is 0 Å². The van der Waals surface area contributed by atoms with Crippen LogP contribution in [0, 0.1) is 0 Å².